The summed E-state index contributed by atoms with van der Waals surface area (Å²) in [6.45, 7) is 5.74. The molecule has 0 radical (unpaired) electrons. The van der Waals surface area contributed by atoms with Gasteiger partial charge in [-0.05, 0) is 83.5 Å². The van der Waals surface area contributed by atoms with Crippen LogP contribution < -0.4 is 10.9 Å². The number of hydrogen-bond donors (Lipinski definition) is 3. The van der Waals surface area contributed by atoms with Crippen LogP contribution in [0.5, 0.6) is 0 Å². The first-order valence-corrected chi connectivity index (χ1v) is 18.6. The monoisotopic (exact) mass is 702 g/mol. The molecule has 5 fully saturated rings. The second kappa shape index (κ2) is 12.4. The Bertz CT molecular complexity index is 1430. The molecule has 262 valence electrons. The summed E-state index contributed by atoms with van der Waals surface area (Å²) in [7, 11) is 0. The highest BCUT2D eigenvalue weighted by Crippen LogP contribution is 2.60. The number of carboxylic acids is 1. The van der Waals surface area contributed by atoms with Crippen molar-refractivity contribution in [2.75, 3.05) is 25.4 Å². The number of likely N-dealkylation sites (tertiary alicyclic amines) is 1. The van der Waals surface area contributed by atoms with Crippen molar-refractivity contribution in [1.82, 2.24) is 19.8 Å². The van der Waals surface area contributed by atoms with Gasteiger partial charge in [0, 0.05) is 58.6 Å². The molecule has 0 aromatic carbocycles. The van der Waals surface area contributed by atoms with Gasteiger partial charge in [0.25, 0.3) is 5.56 Å². The van der Waals surface area contributed by atoms with Gasteiger partial charge in [0.05, 0.1) is 30.9 Å². The van der Waals surface area contributed by atoms with Gasteiger partial charge in [0.15, 0.2) is 5.60 Å². The van der Waals surface area contributed by atoms with Gasteiger partial charge in [-0.25, -0.2) is 4.98 Å². The van der Waals surface area contributed by atoms with Crippen molar-refractivity contribution in [3.05, 3.63) is 27.4 Å². The molecule has 4 heterocycles. The largest absolute Gasteiger partial charge is 0.481 e. The van der Waals surface area contributed by atoms with E-state index in [2.05, 4.69) is 17.1 Å². The van der Waals surface area contributed by atoms with E-state index in [-0.39, 0.29) is 59.2 Å². The van der Waals surface area contributed by atoms with E-state index in [0.717, 1.165) is 37.8 Å². The zero-order valence-electron chi connectivity index (χ0n) is 27.0. The van der Waals surface area contributed by atoms with Crippen molar-refractivity contribution in [2.45, 2.75) is 125 Å². The van der Waals surface area contributed by atoms with Crippen LogP contribution in [0.1, 0.15) is 69.0 Å². The van der Waals surface area contributed by atoms with Gasteiger partial charge in [0.1, 0.15) is 5.82 Å². The Morgan fingerprint density at radius 2 is 1.94 bits per heavy atom. The second-order valence-corrected chi connectivity index (χ2v) is 17.3. The molecule has 9 nitrogen and oxygen atoms in total. The summed E-state index contributed by atoms with van der Waals surface area (Å²) in [5.41, 5.74) is -1.60. The zero-order valence-corrected chi connectivity index (χ0v) is 28.5. The summed E-state index contributed by atoms with van der Waals surface area (Å²) in [5.74, 6) is 0.632. The van der Waals surface area contributed by atoms with Crippen molar-refractivity contribution >= 4 is 29.3 Å². The maximum atomic E-state index is 13.8. The van der Waals surface area contributed by atoms with Gasteiger partial charge in [-0.3, -0.25) is 19.1 Å². The third kappa shape index (κ3) is 6.17. The number of ether oxygens (including phenoxy) is 1. The number of aliphatic carboxylic acids is 1. The Balaban J connectivity index is 0.988. The molecule has 6 aliphatic rings. The first-order chi connectivity index (χ1) is 22.2. The number of aryl methyl sites for hydroxylation is 2. The minimum Gasteiger partial charge on any atom is -0.481 e. The van der Waals surface area contributed by atoms with Gasteiger partial charge in [0.2, 0.25) is 0 Å². The number of nitrogens with one attached hydrogen (secondary N) is 1. The van der Waals surface area contributed by atoms with Crippen LogP contribution in [0, 0.1) is 30.1 Å². The zero-order chi connectivity index (χ0) is 33.5. The maximum absolute atomic E-state index is 13.8. The lowest BCUT2D eigenvalue weighted by Gasteiger charge is -2.64. The smallest absolute Gasteiger partial charge is 0.417 e. The molecule has 3 N–H and O–H groups in total. The lowest BCUT2D eigenvalue weighted by atomic mass is 9.54. The molecule has 3 saturated heterocycles. The molecule has 3 aliphatic carbocycles. The molecule has 14 heteroatoms. The second-order valence-electron chi connectivity index (χ2n) is 15.4. The van der Waals surface area contributed by atoms with Crippen molar-refractivity contribution in [3.63, 3.8) is 0 Å². The molecule has 9 unspecified atom stereocenters. The standard InChI is InChI=1S/C33H46ClF3N4O5S/c1-17-9-22(28-27(38-17)24(12-47-28)30(43)44)21-10-19(34)3-6-26(21)46-8-7-41-18(2)39-25-5-4-20(11-23(25)29(41)42)40-15-31(16-40)13-32(45,14-31)33(35,36)37/h17,19-22,24,26-28,38,45H,3-16H2,1-2H3,(H,43,44). The molecule has 1 aromatic heterocycles. The van der Waals surface area contributed by atoms with Gasteiger partial charge < -0.3 is 20.3 Å². The lowest BCUT2D eigenvalue weighted by Crippen LogP contribution is -2.73. The summed E-state index contributed by atoms with van der Waals surface area (Å²) in [6.07, 6.45) is 0.348. The Morgan fingerprint density at radius 1 is 1.19 bits per heavy atom. The molecule has 1 aromatic rings. The summed E-state index contributed by atoms with van der Waals surface area (Å²) in [4.78, 5) is 32.7. The minimum absolute atomic E-state index is 0.0170. The average Bonchev–Trinajstić information content (AvgIpc) is 3.39. The maximum Gasteiger partial charge on any atom is 0.417 e. The fourth-order valence-electron chi connectivity index (χ4n) is 9.98. The molecule has 2 saturated carbocycles. The predicted octanol–water partition coefficient (Wildman–Crippen LogP) is 3.77. The SMILES string of the molecule is Cc1nc2c(c(=O)n1CCOC1CCC(Cl)CC1C1CC(C)NC3C(C(=O)O)CSC13)CC(N1CC3(C1)CC(O)(C(F)(F)F)C3)CC2. The van der Waals surface area contributed by atoms with Crippen LogP contribution in [0.2, 0.25) is 0 Å². The Kier molecular flexibility index (Phi) is 9.02. The highest BCUT2D eigenvalue weighted by atomic mass is 35.5. The van der Waals surface area contributed by atoms with Crippen LogP contribution in [0.3, 0.4) is 0 Å². The molecule has 3 aliphatic heterocycles. The van der Waals surface area contributed by atoms with E-state index in [4.69, 9.17) is 21.3 Å². The number of rotatable bonds is 7. The first kappa shape index (κ1) is 34.1. The number of nitrogens with zero attached hydrogens (tertiary/aromatic N) is 3. The molecular formula is C33H46ClF3N4O5S. The molecule has 1 spiro atoms. The number of aliphatic hydroxyl groups is 1. The van der Waals surface area contributed by atoms with Crippen molar-refractivity contribution in [1.29, 1.82) is 0 Å². The Hall–Kier alpha value is -1.38. The molecule has 47 heavy (non-hydrogen) atoms. The molecule has 9 atom stereocenters. The van der Waals surface area contributed by atoms with Crippen LogP contribution in [-0.2, 0) is 28.9 Å². The highest BCUT2D eigenvalue weighted by molar-refractivity contribution is 8.00. The third-order valence-electron chi connectivity index (χ3n) is 12.2. The first-order valence-electron chi connectivity index (χ1n) is 17.2. The number of fused-ring (bicyclic) bond motifs is 2. The van der Waals surface area contributed by atoms with Gasteiger partial charge in [-0.1, -0.05) is 0 Å². The minimum atomic E-state index is -4.60. The normalized spacial score (nSPS) is 37.9. The van der Waals surface area contributed by atoms with E-state index in [9.17, 15) is 33.0 Å². The fourth-order valence-corrected chi connectivity index (χ4v) is 12.1. The quantitative estimate of drug-likeness (QED) is 0.365. The number of alkyl halides is 4. The summed E-state index contributed by atoms with van der Waals surface area (Å²) >= 11 is 8.48. The Labute approximate surface area is 282 Å². The van der Waals surface area contributed by atoms with Crippen molar-refractivity contribution < 1.29 is 32.9 Å². The number of aromatic nitrogens is 2. The lowest BCUT2D eigenvalue weighted by molar-refractivity contribution is -0.333. The van der Waals surface area contributed by atoms with Crippen LogP contribution in [0.4, 0.5) is 13.2 Å². The molecule has 0 amide bonds. The number of thioether (sulfide) groups is 1. The summed E-state index contributed by atoms with van der Waals surface area (Å²) < 4.78 is 47.8. The van der Waals surface area contributed by atoms with E-state index in [0.29, 0.717) is 62.1 Å². The number of halogens is 4. The Morgan fingerprint density at radius 3 is 2.64 bits per heavy atom. The van der Waals surface area contributed by atoms with E-state index in [1.54, 1.807) is 16.3 Å². The van der Waals surface area contributed by atoms with E-state index in [1.165, 1.54) is 0 Å². The predicted molar refractivity (Wildman–Crippen MR) is 172 cm³/mol. The molecular weight excluding hydrogens is 657 g/mol. The van der Waals surface area contributed by atoms with Crippen LogP contribution in [-0.4, -0.2) is 103 Å². The third-order valence-corrected chi connectivity index (χ3v) is 14.2. The van der Waals surface area contributed by atoms with Gasteiger partial charge in [-0.15, -0.1) is 11.6 Å². The van der Waals surface area contributed by atoms with Crippen LogP contribution >= 0.6 is 23.4 Å². The molecule has 0 bridgehead atoms. The number of carbonyl (C=O) groups is 1. The topological polar surface area (TPSA) is 117 Å². The van der Waals surface area contributed by atoms with Gasteiger partial charge >= 0.3 is 12.1 Å². The van der Waals surface area contributed by atoms with Crippen LogP contribution in [0.15, 0.2) is 4.79 Å². The summed E-state index contributed by atoms with van der Waals surface area (Å²) in [5, 5.41) is 23.6. The van der Waals surface area contributed by atoms with Gasteiger partial charge in [-0.2, -0.15) is 24.9 Å². The number of carboxylic acid groups (broad SMARTS) is 1. The van der Waals surface area contributed by atoms with Crippen molar-refractivity contribution in [3.8, 4) is 0 Å². The van der Waals surface area contributed by atoms with E-state index < -0.39 is 29.1 Å². The number of hydrogen-bond acceptors (Lipinski definition) is 8. The molecule has 7 rings (SSSR count). The van der Waals surface area contributed by atoms with E-state index in [1.807, 2.05) is 6.92 Å². The van der Waals surface area contributed by atoms with Crippen molar-refractivity contribution in [2.24, 2.45) is 23.2 Å². The summed E-state index contributed by atoms with van der Waals surface area (Å²) in [6, 6.07) is 0.225. The van der Waals surface area contributed by atoms with E-state index >= 15 is 0 Å². The van der Waals surface area contributed by atoms with Crippen LogP contribution in [0.25, 0.3) is 0 Å². The number of piperidine rings is 1. The average molecular weight is 703 g/mol. The fraction of sp³-hybridized carbons (Fsp3) is 0.848. The highest BCUT2D eigenvalue weighted by Gasteiger charge is 2.70.